The van der Waals surface area contributed by atoms with Crippen LogP contribution in [0.25, 0.3) is 0 Å². The van der Waals surface area contributed by atoms with E-state index in [0.29, 0.717) is 0 Å². The molecule has 0 atom stereocenters. The van der Waals surface area contributed by atoms with Gasteiger partial charge in [0.1, 0.15) is 0 Å². The topological polar surface area (TPSA) is 38.9 Å². The van der Waals surface area contributed by atoms with E-state index in [-0.39, 0.29) is 5.54 Å². The molecule has 16 heavy (non-hydrogen) atoms. The molecule has 1 fully saturated rings. The van der Waals surface area contributed by atoms with Crippen LogP contribution in [0.1, 0.15) is 56.7 Å². The Morgan fingerprint density at radius 3 is 2.75 bits per heavy atom. The summed E-state index contributed by atoms with van der Waals surface area (Å²) in [6.45, 7) is 4.52. The van der Waals surface area contributed by atoms with Gasteiger partial charge < -0.3 is 5.73 Å². The molecule has 2 nitrogen and oxygen atoms in total. The summed E-state index contributed by atoms with van der Waals surface area (Å²) in [5.74, 6) is 0.755. The zero-order valence-electron chi connectivity index (χ0n) is 10.3. The largest absolute Gasteiger partial charge is 0.320 e. The van der Waals surface area contributed by atoms with E-state index in [1.807, 2.05) is 0 Å². The summed E-state index contributed by atoms with van der Waals surface area (Å²) in [6.07, 6.45) is 7.08. The highest BCUT2D eigenvalue weighted by molar-refractivity contribution is 7.09. The lowest BCUT2D eigenvalue weighted by molar-refractivity contribution is 0.448. The van der Waals surface area contributed by atoms with E-state index < -0.39 is 0 Å². The van der Waals surface area contributed by atoms with E-state index in [1.54, 1.807) is 11.3 Å². The Morgan fingerprint density at radius 1 is 1.44 bits per heavy atom. The average Bonchev–Trinajstić information content (AvgIpc) is 2.84. The number of hydrogen-bond donors (Lipinski definition) is 1. The Balaban J connectivity index is 2.01. The van der Waals surface area contributed by atoms with Crippen LogP contribution in [-0.2, 0) is 12.0 Å². The minimum Gasteiger partial charge on any atom is -0.320 e. The van der Waals surface area contributed by atoms with Crippen LogP contribution in [0.2, 0.25) is 0 Å². The molecular weight excluding hydrogens is 216 g/mol. The smallest absolute Gasteiger partial charge is 0.0929 e. The van der Waals surface area contributed by atoms with Crippen molar-refractivity contribution in [1.29, 1.82) is 0 Å². The van der Waals surface area contributed by atoms with Gasteiger partial charge >= 0.3 is 0 Å². The number of nitrogens with two attached hydrogens (primary N) is 1. The van der Waals surface area contributed by atoms with Gasteiger partial charge in [0.2, 0.25) is 0 Å². The van der Waals surface area contributed by atoms with Gasteiger partial charge in [-0.2, -0.15) is 0 Å². The average molecular weight is 238 g/mol. The Labute approximate surface area is 102 Å². The molecule has 3 heteroatoms. The fourth-order valence-electron chi connectivity index (χ4n) is 2.33. The van der Waals surface area contributed by atoms with E-state index in [4.69, 9.17) is 10.7 Å². The first-order valence-corrected chi connectivity index (χ1v) is 7.22. The molecule has 1 aliphatic rings. The fraction of sp³-hybridized carbons (Fsp3) is 0.769. The highest BCUT2D eigenvalue weighted by Gasteiger charge is 2.33. The maximum absolute atomic E-state index is 6.39. The lowest BCUT2D eigenvalue weighted by atomic mass is 9.96. The van der Waals surface area contributed by atoms with Crippen molar-refractivity contribution in [3.05, 3.63) is 16.1 Å². The molecule has 0 unspecified atom stereocenters. The second kappa shape index (κ2) is 4.84. The zero-order chi connectivity index (χ0) is 11.6. The summed E-state index contributed by atoms with van der Waals surface area (Å²) in [7, 11) is 0. The number of nitrogens with zero attached hydrogens (tertiary/aromatic N) is 1. The van der Waals surface area contributed by atoms with Gasteiger partial charge in [0.25, 0.3) is 0 Å². The fourth-order valence-corrected chi connectivity index (χ4v) is 3.25. The molecule has 1 heterocycles. The molecule has 1 aromatic heterocycles. The molecule has 0 aliphatic heterocycles. The third-order valence-corrected chi connectivity index (χ3v) is 4.40. The third kappa shape index (κ3) is 2.64. The first-order valence-electron chi connectivity index (χ1n) is 6.34. The van der Waals surface area contributed by atoms with Gasteiger partial charge in [-0.05, 0) is 31.6 Å². The van der Waals surface area contributed by atoms with Crippen LogP contribution >= 0.6 is 11.3 Å². The van der Waals surface area contributed by atoms with Crippen LogP contribution in [0.3, 0.4) is 0 Å². The molecule has 0 radical (unpaired) electrons. The molecule has 1 saturated carbocycles. The van der Waals surface area contributed by atoms with Crippen molar-refractivity contribution in [3.8, 4) is 0 Å². The molecule has 1 aromatic rings. The molecular formula is C13H22N2S. The standard InChI is InChI=1S/C13H22N2S/c1-10(2)5-6-12-15-11(9-16-12)13(14)7-3-4-8-13/h9-10H,3-8,14H2,1-2H3. The highest BCUT2D eigenvalue weighted by Crippen LogP contribution is 2.36. The lowest BCUT2D eigenvalue weighted by Crippen LogP contribution is -2.33. The van der Waals surface area contributed by atoms with Crippen molar-refractivity contribution >= 4 is 11.3 Å². The number of thiazole rings is 1. The van der Waals surface area contributed by atoms with Crippen molar-refractivity contribution in [2.45, 2.75) is 57.9 Å². The molecule has 90 valence electrons. The van der Waals surface area contributed by atoms with Gasteiger partial charge in [-0.1, -0.05) is 26.7 Å². The lowest BCUT2D eigenvalue weighted by Gasteiger charge is -2.20. The van der Waals surface area contributed by atoms with Crippen LogP contribution in [0.4, 0.5) is 0 Å². The molecule has 0 bridgehead atoms. The predicted octanol–water partition coefficient (Wildman–Crippen LogP) is 3.46. The first kappa shape index (κ1) is 12.1. The summed E-state index contributed by atoms with van der Waals surface area (Å²) in [5.41, 5.74) is 7.44. The number of hydrogen-bond acceptors (Lipinski definition) is 3. The van der Waals surface area contributed by atoms with Gasteiger partial charge in [-0.25, -0.2) is 4.98 Å². The Morgan fingerprint density at radius 2 is 2.12 bits per heavy atom. The Bertz CT molecular complexity index is 337. The zero-order valence-corrected chi connectivity index (χ0v) is 11.1. The van der Waals surface area contributed by atoms with Gasteiger partial charge in [0, 0.05) is 5.38 Å². The molecule has 2 rings (SSSR count). The summed E-state index contributed by atoms with van der Waals surface area (Å²) >= 11 is 1.79. The molecule has 0 aromatic carbocycles. The monoisotopic (exact) mass is 238 g/mol. The van der Waals surface area contributed by atoms with Gasteiger partial charge in [0.05, 0.1) is 16.2 Å². The highest BCUT2D eigenvalue weighted by atomic mass is 32.1. The van der Waals surface area contributed by atoms with Crippen molar-refractivity contribution in [2.24, 2.45) is 11.7 Å². The van der Waals surface area contributed by atoms with E-state index in [0.717, 1.165) is 30.9 Å². The second-order valence-electron chi connectivity index (χ2n) is 5.42. The summed E-state index contributed by atoms with van der Waals surface area (Å²) < 4.78 is 0. The van der Waals surface area contributed by atoms with E-state index in [9.17, 15) is 0 Å². The SMILES string of the molecule is CC(C)CCc1nc(C2(N)CCCC2)cs1. The molecule has 0 spiro atoms. The quantitative estimate of drug-likeness (QED) is 0.872. The predicted molar refractivity (Wildman–Crippen MR) is 69.6 cm³/mol. The van der Waals surface area contributed by atoms with Crippen LogP contribution in [0.5, 0.6) is 0 Å². The van der Waals surface area contributed by atoms with Gasteiger partial charge in [0.15, 0.2) is 0 Å². The minimum absolute atomic E-state index is 0.105. The second-order valence-corrected chi connectivity index (χ2v) is 6.36. The number of aromatic nitrogens is 1. The van der Waals surface area contributed by atoms with E-state index in [2.05, 4.69) is 19.2 Å². The van der Waals surface area contributed by atoms with Crippen molar-refractivity contribution in [2.75, 3.05) is 0 Å². The summed E-state index contributed by atoms with van der Waals surface area (Å²) in [6, 6.07) is 0. The van der Waals surface area contributed by atoms with E-state index >= 15 is 0 Å². The van der Waals surface area contributed by atoms with E-state index in [1.165, 1.54) is 24.3 Å². The minimum atomic E-state index is -0.105. The maximum Gasteiger partial charge on any atom is 0.0929 e. The first-order chi connectivity index (χ1) is 7.60. The molecule has 1 aliphatic carbocycles. The third-order valence-electron chi connectivity index (χ3n) is 3.49. The van der Waals surface area contributed by atoms with Gasteiger partial charge in [-0.3, -0.25) is 0 Å². The number of aryl methyl sites for hydroxylation is 1. The van der Waals surface area contributed by atoms with Crippen LogP contribution in [0.15, 0.2) is 5.38 Å². The van der Waals surface area contributed by atoms with Crippen molar-refractivity contribution in [1.82, 2.24) is 4.98 Å². The van der Waals surface area contributed by atoms with Crippen LogP contribution in [0, 0.1) is 5.92 Å². The maximum atomic E-state index is 6.39. The molecule has 0 amide bonds. The normalized spacial score (nSPS) is 19.5. The number of rotatable bonds is 4. The molecule has 2 N–H and O–H groups in total. The summed E-state index contributed by atoms with van der Waals surface area (Å²) in [5, 5.41) is 3.45. The molecule has 0 saturated heterocycles. The van der Waals surface area contributed by atoms with Crippen LogP contribution < -0.4 is 5.73 Å². The Kier molecular flexibility index (Phi) is 3.65. The van der Waals surface area contributed by atoms with Crippen molar-refractivity contribution in [3.63, 3.8) is 0 Å². The van der Waals surface area contributed by atoms with Crippen LogP contribution in [-0.4, -0.2) is 4.98 Å². The Hall–Kier alpha value is -0.410. The van der Waals surface area contributed by atoms with Crippen molar-refractivity contribution < 1.29 is 0 Å². The van der Waals surface area contributed by atoms with Gasteiger partial charge in [-0.15, -0.1) is 11.3 Å². The summed E-state index contributed by atoms with van der Waals surface area (Å²) in [4.78, 5) is 4.73.